The van der Waals surface area contributed by atoms with Gasteiger partial charge in [0.05, 0.1) is 23.1 Å². The second-order valence-electron chi connectivity index (χ2n) is 13.9. The van der Waals surface area contributed by atoms with E-state index in [2.05, 4.69) is 10.1 Å². The van der Waals surface area contributed by atoms with Crippen LogP contribution in [0.15, 0.2) is 0 Å². The quantitative estimate of drug-likeness (QED) is 0.187. The van der Waals surface area contributed by atoms with Gasteiger partial charge in [0, 0.05) is 52.6 Å². The number of sulfonamides is 2. The lowest BCUT2D eigenvalue weighted by atomic mass is 9.79. The minimum Gasteiger partial charge on any atom is -0.390 e. The van der Waals surface area contributed by atoms with E-state index in [0.717, 1.165) is 44.9 Å². The maximum absolute atomic E-state index is 13.9. The number of carbonyl (C=O) groups excluding carboxylic acids is 2. The molecule has 12 nitrogen and oxygen atoms in total. The van der Waals surface area contributed by atoms with Crippen molar-refractivity contribution in [3.63, 3.8) is 0 Å². The number of likely N-dealkylation sites (N-methyl/N-ethyl adjacent to an activating group) is 1. The Kier molecular flexibility index (Phi) is 16.2. The summed E-state index contributed by atoms with van der Waals surface area (Å²) in [5.41, 5.74) is 0. The van der Waals surface area contributed by atoms with Crippen molar-refractivity contribution in [1.29, 1.82) is 0 Å². The van der Waals surface area contributed by atoms with E-state index in [1.807, 2.05) is 27.7 Å². The molecule has 2 rings (SSSR count). The van der Waals surface area contributed by atoms with E-state index in [9.17, 15) is 31.5 Å². The van der Waals surface area contributed by atoms with E-state index in [4.69, 9.17) is 0 Å². The van der Waals surface area contributed by atoms with Crippen molar-refractivity contribution in [2.24, 2.45) is 23.7 Å². The van der Waals surface area contributed by atoms with Gasteiger partial charge in [-0.25, -0.2) is 26.1 Å². The summed E-state index contributed by atoms with van der Waals surface area (Å²) < 4.78 is 52.8. The number of hydrogen-bond donors (Lipinski definition) is 3. The summed E-state index contributed by atoms with van der Waals surface area (Å²) in [4.78, 5) is 31.9. The molecule has 3 N–H and O–H groups in total. The molecule has 14 heteroatoms. The molecule has 2 saturated carbocycles. The van der Waals surface area contributed by atoms with Gasteiger partial charge >= 0.3 is 0 Å². The van der Waals surface area contributed by atoms with Crippen LogP contribution in [0.1, 0.15) is 98.3 Å². The number of hydrazine groups is 1. The highest BCUT2D eigenvalue weighted by Crippen LogP contribution is 2.36. The molecule has 2 aliphatic carbocycles. The summed E-state index contributed by atoms with van der Waals surface area (Å²) in [7, 11) is -2.84. The highest BCUT2D eigenvalue weighted by molar-refractivity contribution is 7.89. The third kappa shape index (κ3) is 12.7. The van der Waals surface area contributed by atoms with Gasteiger partial charge < -0.3 is 15.3 Å². The van der Waals surface area contributed by atoms with Crippen molar-refractivity contribution in [1.82, 2.24) is 24.4 Å². The van der Waals surface area contributed by atoms with Crippen LogP contribution in [0.2, 0.25) is 0 Å². The monoisotopic (exact) mass is 679 g/mol. The predicted molar refractivity (Wildman–Crippen MR) is 178 cm³/mol. The molecular weight excluding hydrogens is 619 g/mol. The van der Waals surface area contributed by atoms with E-state index in [1.54, 1.807) is 11.9 Å². The Balaban J connectivity index is 2.30. The molecule has 0 aromatic rings. The number of rotatable bonds is 18. The molecule has 2 amide bonds. The number of hydrogen-bond acceptors (Lipinski definition) is 8. The zero-order chi connectivity index (χ0) is 33.9. The first-order valence-corrected chi connectivity index (χ1v) is 20.1. The lowest BCUT2D eigenvalue weighted by Gasteiger charge is -2.38. The third-order valence-corrected chi connectivity index (χ3v) is 13.0. The molecule has 0 radical (unpaired) electrons. The highest BCUT2D eigenvalue weighted by atomic mass is 32.2. The van der Waals surface area contributed by atoms with Gasteiger partial charge in [0.2, 0.25) is 31.9 Å². The smallest absolute Gasteiger partial charge is 0.225 e. The van der Waals surface area contributed by atoms with Gasteiger partial charge in [-0.15, -0.1) is 4.83 Å². The normalized spacial score (nSPS) is 23.3. The van der Waals surface area contributed by atoms with Crippen molar-refractivity contribution >= 4 is 31.9 Å². The number of nitrogens with one attached hydrogen (secondary N) is 2. The molecule has 2 aliphatic rings. The fourth-order valence-electron chi connectivity index (χ4n) is 6.91. The van der Waals surface area contributed by atoms with Gasteiger partial charge in [-0.3, -0.25) is 9.59 Å². The van der Waals surface area contributed by atoms with E-state index >= 15 is 0 Å². The molecule has 0 bridgehead atoms. The molecular formula is C31H61N5O7S2. The summed E-state index contributed by atoms with van der Waals surface area (Å²) in [6, 6.07) is -0.658. The van der Waals surface area contributed by atoms with Crippen LogP contribution in [-0.4, -0.2) is 112 Å². The Hall–Kier alpha value is -1.32. The second kappa shape index (κ2) is 18.3. The summed E-state index contributed by atoms with van der Waals surface area (Å²) in [5.74, 6) is -1.61. The molecule has 2 fully saturated rings. The maximum Gasteiger partial charge on any atom is 0.225 e. The lowest BCUT2D eigenvalue weighted by molar-refractivity contribution is -0.138. The van der Waals surface area contributed by atoms with Gasteiger partial charge in [0.15, 0.2) is 0 Å². The minimum atomic E-state index is -3.73. The number of aliphatic hydroxyl groups excluding tert-OH is 1. The predicted octanol–water partition coefficient (Wildman–Crippen LogP) is 2.55. The third-order valence-electron chi connectivity index (χ3n) is 9.03. The van der Waals surface area contributed by atoms with Crippen LogP contribution in [0.25, 0.3) is 0 Å². The average molecular weight is 680 g/mol. The van der Waals surface area contributed by atoms with E-state index in [1.165, 1.54) is 23.4 Å². The topological polar surface area (TPSA) is 156 Å². The Morgan fingerprint density at radius 1 is 0.889 bits per heavy atom. The molecule has 5 atom stereocenters. The number of aliphatic hydroxyl groups is 1. The number of nitrogens with zero attached hydrogens (tertiary/aromatic N) is 3. The largest absolute Gasteiger partial charge is 0.390 e. The van der Waals surface area contributed by atoms with Crippen molar-refractivity contribution in [3.8, 4) is 0 Å². The van der Waals surface area contributed by atoms with Crippen molar-refractivity contribution in [2.75, 3.05) is 46.5 Å². The van der Waals surface area contributed by atoms with Gasteiger partial charge in [-0.05, 0) is 50.4 Å². The minimum absolute atomic E-state index is 0.0403. The van der Waals surface area contributed by atoms with Gasteiger partial charge in [0.25, 0.3) is 0 Å². The standard InChI is InChI=1S/C31H61N5O7S2/c1-8-15-36(16-9-2)31(39)26-18-25(19-27(20-26)45(42,43)34(5)6)30(38)32-28(17-24-13-11-10-12-14-24)29(37)21-35(7)33-44(40,41)22-23(3)4/h23-29,33,37H,8-22H2,1-7H3,(H,32,38). The number of amides is 2. The fourth-order valence-corrected chi connectivity index (χ4v) is 9.96. The van der Waals surface area contributed by atoms with Crippen LogP contribution in [0.4, 0.5) is 0 Å². The Bertz CT molecular complexity index is 1140. The molecule has 0 aromatic carbocycles. The molecule has 0 spiro atoms. The first kappa shape index (κ1) is 39.9. The summed E-state index contributed by atoms with van der Waals surface area (Å²) in [5, 5.41) is 14.9. The van der Waals surface area contributed by atoms with Crippen LogP contribution < -0.4 is 10.1 Å². The van der Waals surface area contributed by atoms with Crippen LogP contribution >= 0.6 is 0 Å². The molecule has 0 aliphatic heterocycles. The van der Waals surface area contributed by atoms with Gasteiger partial charge in [-0.2, -0.15) is 0 Å². The molecule has 0 aromatic heterocycles. The average Bonchev–Trinajstić information content (AvgIpc) is 2.95. The molecule has 264 valence electrons. The lowest BCUT2D eigenvalue weighted by Crippen LogP contribution is -2.54. The zero-order valence-electron chi connectivity index (χ0n) is 28.7. The molecule has 45 heavy (non-hydrogen) atoms. The zero-order valence-corrected chi connectivity index (χ0v) is 30.3. The fraction of sp³-hybridized carbons (Fsp3) is 0.935. The molecule has 0 saturated heterocycles. The first-order chi connectivity index (χ1) is 21.0. The van der Waals surface area contributed by atoms with Crippen molar-refractivity contribution < 1.29 is 31.5 Å². The molecule has 5 unspecified atom stereocenters. The molecule has 0 heterocycles. The van der Waals surface area contributed by atoms with E-state index in [0.29, 0.717) is 25.4 Å². The first-order valence-electron chi connectivity index (χ1n) is 16.9. The Morgan fingerprint density at radius 2 is 1.47 bits per heavy atom. The van der Waals surface area contributed by atoms with Crippen LogP contribution in [-0.2, 0) is 29.6 Å². The second-order valence-corrected chi connectivity index (χ2v) is 18.1. The SMILES string of the molecule is CCCN(CCC)C(=O)C1CC(C(=O)NC(CC2CCCCC2)C(O)CN(C)NS(=O)(=O)CC(C)C)CC(S(=O)(=O)N(C)C)C1. The van der Waals surface area contributed by atoms with Gasteiger partial charge in [-0.1, -0.05) is 59.8 Å². The summed E-state index contributed by atoms with van der Waals surface area (Å²) in [6.07, 6.45) is 6.84. The van der Waals surface area contributed by atoms with Crippen LogP contribution in [0.3, 0.4) is 0 Å². The summed E-state index contributed by atoms with van der Waals surface area (Å²) >= 11 is 0. The van der Waals surface area contributed by atoms with Gasteiger partial charge in [0.1, 0.15) is 0 Å². The van der Waals surface area contributed by atoms with Crippen LogP contribution in [0.5, 0.6) is 0 Å². The van der Waals surface area contributed by atoms with Crippen LogP contribution in [0, 0.1) is 23.7 Å². The maximum atomic E-state index is 13.9. The van der Waals surface area contributed by atoms with Crippen molar-refractivity contribution in [2.45, 2.75) is 116 Å². The Morgan fingerprint density at radius 3 is 2.00 bits per heavy atom. The van der Waals surface area contributed by atoms with E-state index in [-0.39, 0.29) is 49.3 Å². The van der Waals surface area contributed by atoms with E-state index < -0.39 is 49.3 Å². The Labute approximate surface area is 273 Å². The van der Waals surface area contributed by atoms with Crippen molar-refractivity contribution in [3.05, 3.63) is 0 Å². The highest BCUT2D eigenvalue weighted by Gasteiger charge is 2.44. The number of carbonyl (C=O) groups is 2. The summed E-state index contributed by atoms with van der Waals surface area (Å²) in [6.45, 7) is 8.73.